The lowest BCUT2D eigenvalue weighted by Gasteiger charge is -2.31. The van der Waals surface area contributed by atoms with Crippen molar-refractivity contribution in [3.05, 3.63) is 58.2 Å². The number of para-hydroxylation sites is 1. The van der Waals surface area contributed by atoms with Gasteiger partial charge in [0, 0.05) is 29.4 Å². The molecule has 0 unspecified atom stereocenters. The highest BCUT2D eigenvalue weighted by Gasteiger charge is 2.26. The van der Waals surface area contributed by atoms with Gasteiger partial charge in [-0.3, -0.25) is 4.79 Å². The molecular weight excluding hydrogens is 394 g/mol. The van der Waals surface area contributed by atoms with Gasteiger partial charge in [-0.15, -0.1) is 11.3 Å². The number of fused-ring (bicyclic) bond motifs is 2. The summed E-state index contributed by atoms with van der Waals surface area (Å²) in [4.78, 5) is 19.5. The minimum atomic E-state index is 0.105. The van der Waals surface area contributed by atoms with Crippen LogP contribution in [0, 0.1) is 0 Å². The van der Waals surface area contributed by atoms with Crippen molar-refractivity contribution in [3.8, 4) is 0 Å². The molecule has 0 radical (unpaired) electrons. The molecule has 3 heterocycles. The van der Waals surface area contributed by atoms with Gasteiger partial charge in [0.15, 0.2) is 5.58 Å². The monoisotopic (exact) mass is 411 g/mol. The average Bonchev–Trinajstić information content (AvgIpc) is 3.32. The Morgan fingerprint density at radius 1 is 1.21 bits per heavy atom. The molecule has 28 heavy (non-hydrogen) atoms. The number of carbonyl (C=O) groups excluding carboxylic acids is 1. The normalized spacial score (nSPS) is 15.5. The largest absolute Gasteiger partial charge is 0.356 e. The number of rotatable bonds is 3. The van der Waals surface area contributed by atoms with E-state index in [9.17, 15) is 4.79 Å². The minimum Gasteiger partial charge on any atom is -0.356 e. The van der Waals surface area contributed by atoms with Crippen LogP contribution in [-0.4, -0.2) is 34.0 Å². The predicted molar refractivity (Wildman–Crippen MR) is 111 cm³/mol. The number of benzene rings is 2. The molecule has 142 valence electrons. The van der Waals surface area contributed by atoms with E-state index in [-0.39, 0.29) is 12.3 Å². The smallest absolute Gasteiger partial charge is 0.228 e. The molecule has 2 aromatic carbocycles. The van der Waals surface area contributed by atoms with Crippen molar-refractivity contribution in [1.29, 1.82) is 0 Å². The second-order valence-corrected chi connectivity index (χ2v) is 8.62. The Labute approximate surface area is 170 Å². The topological polar surface area (TPSA) is 59.2 Å². The Morgan fingerprint density at radius 3 is 2.89 bits per heavy atom. The Hall–Kier alpha value is -2.44. The molecule has 1 aliphatic rings. The van der Waals surface area contributed by atoms with Crippen molar-refractivity contribution in [2.24, 2.45) is 0 Å². The molecule has 0 spiro atoms. The summed E-state index contributed by atoms with van der Waals surface area (Å²) in [5, 5.41) is 6.86. The number of piperidine rings is 1. The maximum absolute atomic E-state index is 12.7. The Kier molecular flexibility index (Phi) is 4.53. The SMILES string of the molecule is O=C(Cc1noc2ccccc12)N1CCC(c2nc3cc(Cl)ccc3s2)CC1. The van der Waals surface area contributed by atoms with Crippen LogP contribution in [0.15, 0.2) is 47.0 Å². The van der Waals surface area contributed by atoms with Crippen molar-refractivity contribution in [3.63, 3.8) is 0 Å². The van der Waals surface area contributed by atoms with Gasteiger partial charge < -0.3 is 9.42 Å². The van der Waals surface area contributed by atoms with E-state index in [4.69, 9.17) is 21.1 Å². The molecule has 5 rings (SSSR count). The zero-order valence-electron chi connectivity index (χ0n) is 15.1. The first-order chi connectivity index (χ1) is 13.7. The number of hydrogen-bond acceptors (Lipinski definition) is 5. The number of halogens is 1. The van der Waals surface area contributed by atoms with Gasteiger partial charge in [0.1, 0.15) is 5.69 Å². The van der Waals surface area contributed by atoms with E-state index in [1.165, 1.54) is 0 Å². The van der Waals surface area contributed by atoms with Crippen LogP contribution >= 0.6 is 22.9 Å². The lowest BCUT2D eigenvalue weighted by molar-refractivity contribution is -0.131. The zero-order chi connectivity index (χ0) is 19.1. The highest BCUT2D eigenvalue weighted by Crippen LogP contribution is 2.34. The second kappa shape index (κ2) is 7.18. The summed E-state index contributed by atoms with van der Waals surface area (Å²) in [6.07, 6.45) is 2.14. The Balaban J connectivity index is 1.25. The number of likely N-dealkylation sites (tertiary alicyclic amines) is 1. The molecule has 2 aromatic heterocycles. The fraction of sp³-hybridized carbons (Fsp3) is 0.286. The van der Waals surface area contributed by atoms with Gasteiger partial charge in [-0.25, -0.2) is 4.98 Å². The Morgan fingerprint density at radius 2 is 2.04 bits per heavy atom. The Bertz CT molecular complexity index is 1160. The van der Waals surface area contributed by atoms with Crippen molar-refractivity contribution in [1.82, 2.24) is 15.0 Å². The molecular formula is C21H18ClN3O2S. The van der Waals surface area contributed by atoms with Crippen molar-refractivity contribution in [2.75, 3.05) is 13.1 Å². The summed E-state index contributed by atoms with van der Waals surface area (Å²) in [7, 11) is 0. The molecule has 1 aliphatic heterocycles. The highest BCUT2D eigenvalue weighted by molar-refractivity contribution is 7.18. The van der Waals surface area contributed by atoms with E-state index in [2.05, 4.69) is 5.16 Å². The summed E-state index contributed by atoms with van der Waals surface area (Å²) in [6.45, 7) is 1.49. The summed E-state index contributed by atoms with van der Waals surface area (Å²) in [5.74, 6) is 0.502. The van der Waals surface area contributed by atoms with Crippen molar-refractivity contribution >= 4 is 50.0 Å². The van der Waals surface area contributed by atoms with Crippen LogP contribution in [0.1, 0.15) is 29.5 Å². The maximum Gasteiger partial charge on any atom is 0.228 e. The highest BCUT2D eigenvalue weighted by atomic mass is 35.5. The molecule has 5 nitrogen and oxygen atoms in total. The lowest BCUT2D eigenvalue weighted by Crippen LogP contribution is -2.38. The number of hydrogen-bond donors (Lipinski definition) is 0. The first-order valence-corrected chi connectivity index (χ1v) is 10.5. The van der Waals surface area contributed by atoms with Crippen molar-refractivity contribution < 1.29 is 9.32 Å². The predicted octanol–water partition coefficient (Wildman–Crippen LogP) is 5.04. The van der Waals surface area contributed by atoms with Crippen LogP contribution < -0.4 is 0 Å². The van der Waals surface area contributed by atoms with Gasteiger partial charge >= 0.3 is 0 Å². The number of thiazole rings is 1. The lowest BCUT2D eigenvalue weighted by atomic mass is 9.97. The molecule has 1 fully saturated rings. The van der Waals surface area contributed by atoms with Crippen LogP contribution in [0.2, 0.25) is 5.02 Å². The number of nitrogens with zero attached hydrogens (tertiary/aromatic N) is 3. The standard InChI is InChI=1S/C21H18ClN3O2S/c22-14-5-6-19-17(11-14)23-21(28-19)13-7-9-25(10-8-13)20(26)12-16-15-3-1-2-4-18(15)27-24-16/h1-6,11,13H,7-10,12H2. The van der Waals surface area contributed by atoms with E-state index < -0.39 is 0 Å². The third-order valence-corrected chi connectivity index (χ3v) is 6.77. The fourth-order valence-corrected chi connectivity index (χ4v) is 5.07. The molecule has 0 aliphatic carbocycles. The third-order valence-electron chi connectivity index (χ3n) is 5.33. The van der Waals surface area contributed by atoms with E-state index in [1.54, 1.807) is 11.3 Å². The molecule has 0 N–H and O–H groups in total. The maximum atomic E-state index is 12.7. The van der Waals surface area contributed by atoms with E-state index in [0.717, 1.165) is 52.1 Å². The van der Waals surface area contributed by atoms with E-state index in [0.29, 0.717) is 16.6 Å². The van der Waals surface area contributed by atoms with E-state index >= 15 is 0 Å². The molecule has 1 saturated heterocycles. The molecule has 1 amide bonds. The van der Waals surface area contributed by atoms with E-state index in [1.807, 2.05) is 47.4 Å². The number of carbonyl (C=O) groups is 1. The number of amides is 1. The van der Waals surface area contributed by atoms with Crippen LogP contribution in [0.5, 0.6) is 0 Å². The molecule has 0 bridgehead atoms. The van der Waals surface area contributed by atoms with Gasteiger partial charge in [-0.2, -0.15) is 0 Å². The molecule has 4 aromatic rings. The molecule has 0 saturated carbocycles. The van der Waals surface area contributed by atoms with Gasteiger partial charge in [0.25, 0.3) is 0 Å². The fourth-order valence-electron chi connectivity index (χ4n) is 3.79. The quantitative estimate of drug-likeness (QED) is 0.474. The van der Waals surface area contributed by atoms with Gasteiger partial charge in [-0.05, 0) is 43.2 Å². The zero-order valence-corrected chi connectivity index (χ0v) is 16.7. The van der Waals surface area contributed by atoms with Crippen LogP contribution in [-0.2, 0) is 11.2 Å². The van der Waals surface area contributed by atoms with Crippen LogP contribution in [0.25, 0.3) is 21.2 Å². The van der Waals surface area contributed by atoms with Crippen molar-refractivity contribution in [2.45, 2.75) is 25.2 Å². The first-order valence-electron chi connectivity index (χ1n) is 9.34. The summed E-state index contributed by atoms with van der Waals surface area (Å²) < 4.78 is 6.48. The molecule has 7 heteroatoms. The summed E-state index contributed by atoms with van der Waals surface area (Å²) in [5.41, 5.74) is 2.40. The average molecular weight is 412 g/mol. The summed E-state index contributed by atoms with van der Waals surface area (Å²) in [6, 6.07) is 13.5. The third kappa shape index (κ3) is 3.27. The minimum absolute atomic E-state index is 0.105. The van der Waals surface area contributed by atoms with Gasteiger partial charge in [0.05, 0.1) is 21.6 Å². The second-order valence-electron chi connectivity index (χ2n) is 7.12. The van der Waals surface area contributed by atoms with Crippen LogP contribution in [0.4, 0.5) is 0 Å². The van der Waals surface area contributed by atoms with Gasteiger partial charge in [-0.1, -0.05) is 28.9 Å². The number of aromatic nitrogens is 2. The van der Waals surface area contributed by atoms with Gasteiger partial charge in [0.2, 0.25) is 5.91 Å². The van der Waals surface area contributed by atoms with Crippen LogP contribution in [0.3, 0.4) is 0 Å². The summed E-state index contributed by atoms with van der Waals surface area (Å²) >= 11 is 7.80. The first kappa shape index (κ1) is 17.6. The molecule has 0 atom stereocenters.